The summed E-state index contributed by atoms with van der Waals surface area (Å²) in [5.74, 6) is 0. The Morgan fingerprint density at radius 3 is 2.14 bits per heavy atom. The summed E-state index contributed by atoms with van der Waals surface area (Å²) in [6.07, 6.45) is 1.54. The van der Waals surface area contributed by atoms with E-state index in [9.17, 15) is 8.42 Å². The Bertz CT molecular complexity index is 790. The van der Waals surface area contributed by atoms with E-state index >= 15 is 0 Å². The minimum Gasteiger partial charge on any atom is -0.200 e. The van der Waals surface area contributed by atoms with E-state index in [1.807, 2.05) is 32.9 Å². The number of hydrogen-bond donors (Lipinski definition) is 1. The van der Waals surface area contributed by atoms with Crippen LogP contribution in [0.5, 0.6) is 0 Å². The van der Waals surface area contributed by atoms with Crippen molar-refractivity contribution in [2.45, 2.75) is 25.7 Å². The van der Waals surface area contributed by atoms with Crippen LogP contribution in [0.15, 0.2) is 50.9 Å². The predicted octanol–water partition coefficient (Wildman–Crippen LogP) is 3.69. The summed E-state index contributed by atoms with van der Waals surface area (Å²) in [6, 6.07) is 10.5. The van der Waals surface area contributed by atoms with Crippen molar-refractivity contribution in [2.24, 2.45) is 5.10 Å². The number of hydrogen-bond acceptors (Lipinski definition) is 3. The van der Waals surface area contributed by atoms with Gasteiger partial charge in [-0.2, -0.15) is 13.5 Å². The molecule has 0 atom stereocenters. The van der Waals surface area contributed by atoms with Gasteiger partial charge < -0.3 is 0 Å². The molecule has 0 radical (unpaired) electrons. The normalized spacial score (nSPS) is 11.8. The fourth-order valence-corrected chi connectivity index (χ4v) is 3.28. The zero-order chi connectivity index (χ0) is 16.3. The van der Waals surface area contributed by atoms with Gasteiger partial charge in [-0.05, 0) is 56.2 Å². The maximum Gasteiger partial charge on any atom is 0.276 e. The molecular weight excluding hydrogens is 364 g/mol. The molecule has 0 aliphatic rings. The fraction of sp³-hybridized carbons (Fsp3) is 0.188. The van der Waals surface area contributed by atoms with Gasteiger partial charge in [0.2, 0.25) is 0 Å². The zero-order valence-electron chi connectivity index (χ0n) is 12.6. The van der Waals surface area contributed by atoms with E-state index in [0.717, 1.165) is 21.2 Å². The van der Waals surface area contributed by atoms with Gasteiger partial charge in [0.25, 0.3) is 10.0 Å². The number of halogens is 1. The number of hydrazone groups is 1. The Labute approximate surface area is 139 Å². The largest absolute Gasteiger partial charge is 0.276 e. The van der Waals surface area contributed by atoms with E-state index in [-0.39, 0.29) is 4.90 Å². The summed E-state index contributed by atoms with van der Waals surface area (Å²) in [6.45, 7) is 5.98. The van der Waals surface area contributed by atoms with E-state index < -0.39 is 10.0 Å². The molecule has 116 valence electrons. The Morgan fingerprint density at radius 2 is 1.59 bits per heavy atom. The molecule has 0 fully saturated rings. The molecule has 2 rings (SSSR count). The Kier molecular flexibility index (Phi) is 5.03. The third kappa shape index (κ3) is 3.96. The van der Waals surface area contributed by atoms with Crippen LogP contribution in [0, 0.1) is 20.8 Å². The lowest BCUT2D eigenvalue weighted by molar-refractivity contribution is 0.584. The van der Waals surface area contributed by atoms with Crippen LogP contribution < -0.4 is 4.83 Å². The molecule has 6 heteroatoms. The highest BCUT2D eigenvalue weighted by atomic mass is 79.9. The van der Waals surface area contributed by atoms with Gasteiger partial charge in [0, 0.05) is 10.0 Å². The average molecular weight is 381 g/mol. The molecule has 2 aromatic rings. The lowest BCUT2D eigenvalue weighted by Gasteiger charge is -2.07. The van der Waals surface area contributed by atoms with Crippen molar-refractivity contribution in [3.05, 3.63) is 63.1 Å². The lowest BCUT2D eigenvalue weighted by atomic mass is 10.0. The summed E-state index contributed by atoms with van der Waals surface area (Å²) in [5.41, 5.74) is 4.21. The summed E-state index contributed by atoms with van der Waals surface area (Å²) in [7, 11) is -3.65. The highest BCUT2D eigenvalue weighted by Crippen LogP contribution is 2.16. The number of nitrogens with zero attached hydrogens (tertiary/aromatic N) is 1. The summed E-state index contributed by atoms with van der Waals surface area (Å²) in [4.78, 5) is 2.41. The third-order valence-electron chi connectivity index (χ3n) is 3.23. The van der Waals surface area contributed by atoms with Crippen LogP contribution in [-0.2, 0) is 10.0 Å². The van der Waals surface area contributed by atoms with E-state index in [0.29, 0.717) is 0 Å². The predicted molar refractivity (Wildman–Crippen MR) is 92.7 cm³/mol. The third-order valence-corrected chi connectivity index (χ3v) is 5.00. The van der Waals surface area contributed by atoms with E-state index in [4.69, 9.17) is 0 Å². The molecule has 0 aliphatic carbocycles. The SMILES string of the molecule is Cc1cc(C)c(C=NNS(=O)(=O)c2ccc(Br)cc2)c(C)c1. The van der Waals surface area contributed by atoms with Crippen LogP contribution in [0.25, 0.3) is 0 Å². The van der Waals surface area contributed by atoms with Gasteiger partial charge in [-0.1, -0.05) is 33.6 Å². The molecule has 4 nitrogen and oxygen atoms in total. The monoisotopic (exact) mass is 380 g/mol. The lowest BCUT2D eigenvalue weighted by Crippen LogP contribution is -2.18. The molecule has 2 aromatic carbocycles. The topological polar surface area (TPSA) is 58.5 Å². The zero-order valence-corrected chi connectivity index (χ0v) is 15.0. The van der Waals surface area contributed by atoms with E-state index in [2.05, 4.69) is 25.9 Å². The van der Waals surface area contributed by atoms with Crippen molar-refractivity contribution in [3.63, 3.8) is 0 Å². The van der Waals surface area contributed by atoms with Gasteiger partial charge in [-0.15, -0.1) is 0 Å². The molecule has 0 spiro atoms. The van der Waals surface area contributed by atoms with Crippen LogP contribution in [0.1, 0.15) is 22.3 Å². The number of sulfonamides is 1. The highest BCUT2D eigenvalue weighted by molar-refractivity contribution is 9.10. The van der Waals surface area contributed by atoms with Crippen molar-refractivity contribution >= 4 is 32.2 Å². The second-order valence-corrected chi connectivity index (χ2v) is 7.70. The number of aryl methyl sites for hydroxylation is 3. The van der Waals surface area contributed by atoms with Gasteiger partial charge in [-0.3, -0.25) is 0 Å². The number of rotatable bonds is 4. The first-order chi connectivity index (χ1) is 10.3. The van der Waals surface area contributed by atoms with Crippen molar-refractivity contribution in [2.75, 3.05) is 0 Å². The standard InChI is InChI=1S/C16H17BrN2O2S/c1-11-8-12(2)16(13(3)9-11)10-18-19-22(20,21)15-6-4-14(17)5-7-15/h4-10,19H,1-3H3. The molecule has 0 bridgehead atoms. The molecule has 0 saturated heterocycles. The van der Waals surface area contributed by atoms with Crippen molar-refractivity contribution in [1.29, 1.82) is 0 Å². The van der Waals surface area contributed by atoms with Gasteiger partial charge in [0.05, 0.1) is 11.1 Å². The molecule has 1 N–H and O–H groups in total. The fourth-order valence-electron chi connectivity index (χ4n) is 2.22. The maximum atomic E-state index is 12.1. The van der Waals surface area contributed by atoms with Crippen LogP contribution in [0.4, 0.5) is 0 Å². The smallest absolute Gasteiger partial charge is 0.200 e. The first kappa shape index (κ1) is 16.7. The second-order valence-electron chi connectivity index (χ2n) is 5.12. The van der Waals surface area contributed by atoms with Gasteiger partial charge >= 0.3 is 0 Å². The molecule has 0 amide bonds. The van der Waals surface area contributed by atoms with Crippen LogP contribution in [0.3, 0.4) is 0 Å². The Balaban J connectivity index is 2.20. The van der Waals surface area contributed by atoms with Crippen molar-refractivity contribution < 1.29 is 8.42 Å². The van der Waals surface area contributed by atoms with Crippen molar-refractivity contribution in [1.82, 2.24) is 4.83 Å². The quantitative estimate of drug-likeness (QED) is 0.649. The first-order valence-corrected chi connectivity index (χ1v) is 8.95. The minimum atomic E-state index is -3.65. The maximum absolute atomic E-state index is 12.1. The van der Waals surface area contributed by atoms with Gasteiger partial charge in [0.1, 0.15) is 0 Å². The van der Waals surface area contributed by atoms with Crippen LogP contribution >= 0.6 is 15.9 Å². The molecule has 0 aromatic heterocycles. The molecule has 0 unspecified atom stereocenters. The molecule has 0 saturated carbocycles. The van der Waals surface area contributed by atoms with Gasteiger partial charge in [0.15, 0.2) is 0 Å². The molecular formula is C16H17BrN2O2S. The second kappa shape index (κ2) is 6.62. The van der Waals surface area contributed by atoms with E-state index in [1.165, 1.54) is 17.7 Å². The number of benzene rings is 2. The first-order valence-electron chi connectivity index (χ1n) is 6.68. The van der Waals surface area contributed by atoms with E-state index in [1.54, 1.807) is 18.3 Å². The average Bonchev–Trinajstić information content (AvgIpc) is 2.42. The highest BCUT2D eigenvalue weighted by Gasteiger charge is 2.12. The molecule has 0 aliphatic heterocycles. The summed E-state index contributed by atoms with van der Waals surface area (Å²) in [5, 5.41) is 3.89. The molecule has 22 heavy (non-hydrogen) atoms. The summed E-state index contributed by atoms with van der Waals surface area (Å²) < 4.78 is 25.1. The minimum absolute atomic E-state index is 0.171. The van der Waals surface area contributed by atoms with Crippen molar-refractivity contribution in [3.8, 4) is 0 Å². The van der Waals surface area contributed by atoms with Crippen LogP contribution in [-0.4, -0.2) is 14.6 Å². The molecule has 0 heterocycles. The Hall–Kier alpha value is -1.66. The summed E-state index contributed by atoms with van der Waals surface area (Å²) >= 11 is 3.27. The number of nitrogens with one attached hydrogen (secondary N) is 1. The Morgan fingerprint density at radius 1 is 1.05 bits per heavy atom. The van der Waals surface area contributed by atoms with Gasteiger partial charge in [-0.25, -0.2) is 4.83 Å². The van der Waals surface area contributed by atoms with Crippen LogP contribution in [0.2, 0.25) is 0 Å².